The molecule has 4 aromatic carbocycles. The van der Waals surface area contributed by atoms with Crippen LogP contribution < -0.4 is 9.62 Å². The molecule has 0 heterocycles. The molecule has 0 aliphatic carbocycles. The van der Waals surface area contributed by atoms with Crippen LogP contribution in [-0.2, 0) is 32.6 Å². The largest absolute Gasteiger partial charge is 0.357 e. The van der Waals surface area contributed by atoms with Gasteiger partial charge in [0.1, 0.15) is 18.4 Å². The van der Waals surface area contributed by atoms with Crippen molar-refractivity contribution in [2.75, 3.05) is 17.9 Å². The van der Waals surface area contributed by atoms with Crippen molar-refractivity contribution in [1.29, 1.82) is 0 Å². The summed E-state index contributed by atoms with van der Waals surface area (Å²) in [7, 11) is -2.87. The van der Waals surface area contributed by atoms with E-state index in [0.717, 1.165) is 27.1 Å². The number of likely N-dealkylation sites (N-methyl/N-ethyl adjacent to an activating group) is 1. The minimum Gasteiger partial charge on any atom is -0.357 e. The average Bonchev–Trinajstić information content (AvgIpc) is 2.99. The number of sulfonamides is 1. The zero-order valence-corrected chi connectivity index (χ0v) is 23.7. The molecule has 2 amide bonds. The number of rotatable bonds is 11. The topological polar surface area (TPSA) is 86.8 Å². The van der Waals surface area contributed by atoms with E-state index in [-0.39, 0.29) is 23.5 Å². The summed E-state index contributed by atoms with van der Waals surface area (Å²) in [5.41, 5.74) is 2.16. The van der Waals surface area contributed by atoms with Crippen molar-refractivity contribution in [3.63, 3.8) is 0 Å². The predicted octanol–water partition coefficient (Wildman–Crippen LogP) is 4.72. The number of amides is 2. The van der Waals surface area contributed by atoms with Gasteiger partial charge in [-0.05, 0) is 42.3 Å². The van der Waals surface area contributed by atoms with Crippen LogP contribution in [0, 0.1) is 12.7 Å². The minimum atomic E-state index is -4.36. The molecule has 1 N–H and O–H groups in total. The molecule has 7 nitrogen and oxygen atoms in total. The second-order valence-corrected chi connectivity index (χ2v) is 11.5. The number of aryl methyl sites for hydroxylation is 1. The molecule has 0 aliphatic rings. The maximum Gasteiger partial charge on any atom is 0.264 e. The van der Waals surface area contributed by atoms with Crippen LogP contribution in [0.4, 0.5) is 10.1 Å². The fourth-order valence-electron chi connectivity index (χ4n) is 4.51. The Labute approximate surface area is 240 Å². The summed E-state index contributed by atoms with van der Waals surface area (Å²) >= 11 is 0. The van der Waals surface area contributed by atoms with E-state index in [2.05, 4.69) is 5.32 Å². The van der Waals surface area contributed by atoms with Crippen molar-refractivity contribution in [3.8, 4) is 0 Å². The van der Waals surface area contributed by atoms with Gasteiger partial charge in [0.05, 0.1) is 10.6 Å². The Balaban J connectivity index is 1.78. The number of nitrogens with one attached hydrogen (secondary N) is 1. The summed E-state index contributed by atoms with van der Waals surface area (Å²) in [5.74, 6) is -1.85. The quantitative estimate of drug-likeness (QED) is 0.282. The van der Waals surface area contributed by atoms with Gasteiger partial charge in [0.15, 0.2) is 0 Å². The number of carbonyl (C=O) groups is 2. The summed E-state index contributed by atoms with van der Waals surface area (Å²) in [6.45, 7) is 1.15. The third-order valence-corrected chi connectivity index (χ3v) is 8.50. The normalized spacial score (nSPS) is 11.9. The molecule has 0 radical (unpaired) electrons. The molecule has 0 bridgehead atoms. The molecule has 0 saturated heterocycles. The lowest BCUT2D eigenvalue weighted by atomic mass is 10.0. The standard InChI is InChI=1S/C32H32FN3O4S/c1-24-17-19-27(20-18-24)41(39,40)36(29-16-10-9-15-28(29)33)23-31(37)35(22-26-13-7-4-8-14-26)30(32(38)34-2)21-25-11-5-3-6-12-25/h3-20,30H,21-23H2,1-2H3,(H,34,38). The van der Waals surface area contributed by atoms with Gasteiger partial charge in [-0.15, -0.1) is 0 Å². The first-order valence-electron chi connectivity index (χ1n) is 13.1. The Morgan fingerprint density at radius 1 is 0.805 bits per heavy atom. The second kappa shape index (κ2) is 13.2. The maximum absolute atomic E-state index is 15.1. The first kappa shape index (κ1) is 29.5. The van der Waals surface area contributed by atoms with E-state index >= 15 is 4.39 Å². The van der Waals surface area contributed by atoms with E-state index in [4.69, 9.17) is 0 Å². The molecule has 0 saturated carbocycles. The van der Waals surface area contributed by atoms with Crippen LogP contribution >= 0.6 is 0 Å². The van der Waals surface area contributed by atoms with E-state index in [1.807, 2.05) is 67.6 Å². The van der Waals surface area contributed by atoms with Gasteiger partial charge in [-0.2, -0.15) is 0 Å². The van der Waals surface area contributed by atoms with Gasteiger partial charge in [-0.25, -0.2) is 12.8 Å². The van der Waals surface area contributed by atoms with Gasteiger partial charge in [0.2, 0.25) is 11.8 Å². The minimum absolute atomic E-state index is 0.0419. The first-order chi connectivity index (χ1) is 19.7. The molecular formula is C32H32FN3O4S. The van der Waals surface area contributed by atoms with Crippen LogP contribution in [0.5, 0.6) is 0 Å². The number of nitrogens with zero attached hydrogens (tertiary/aromatic N) is 2. The summed E-state index contributed by atoms with van der Waals surface area (Å²) in [5, 5.41) is 2.64. The molecule has 4 aromatic rings. The van der Waals surface area contributed by atoms with Crippen LogP contribution in [0.1, 0.15) is 16.7 Å². The Bertz CT molecular complexity index is 1580. The van der Waals surface area contributed by atoms with Crippen molar-refractivity contribution in [3.05, 3.63) is 132 Å². The Kier molecular flexibility index (Phi) is 9.52. The lowest BCUT2D eigenvalue weighted by Crippen LogP contribution is -2.53. The molecule has 4 rings (SSSR count). The molecule has 0 aliphatic heterocycles. The van der Waals surface area contributed by atoms with Gasteiger partial charge in [0.25, 0.3) is 10.0 Å². The number of anilines is 1. The van der Waals surface area contributed by atoms with Crippen molar-refractivity contribution < 1.29 is 22.4 Å². The summed E-state index contributed by atoms with van der Waals surface area (Å²) in [6, 6.07) is 28.9. The molecule has 0 fully saturated rings. The van der Waals surface area contributed by atoms with Gasteiger partial charge < -0.3 is 10.2 Å². The highest BCUT2D eigenvalue weighted by Crippen LogP contribution is 2.27. The average molecular weight is 574 g/mol. The van der Waals surface area contributed by atoms with Crippen LogP contribution in [-0.4, -0.2) is 44.8 Å². The van der Waals surface area contributed by atoms with Crippen LogP contribution in [0.3, 0.4) is 0 Å². The van der Waals surface area contributed by atoms with E-state index < -0.39 is 40.2 Å². The van der Waals surface area contributed by atoms with Crippen molar-refractivity contribution in [2.45, 2.75) is 30.8 Å². The molecule has 0 spiro atoms. The highest BCUT2D eigenvalue weighted by atomic mass is 32.2. The summed E-state index contributed by atoms with van der Waals surface area (Å²) in [6.07, 6.45) is 0.198. The number of para-hydroxylation sites is 1. The molecule has 0 aromatic heterocycles. The fraction of sp³-hybridized carbons (Fsp3) is 0.188. The zero-order valence-electron chi connectivity index (χ0n) is 22.9. The Hall–Kier alpha value is -4.50. The van der Waals surface area contributed by atoms with E-state index in [1.54, 1.807) is 12.1 Å². The molecule has 1 atom stereocenters. The number of carbonyl (C=O) groups excluding carboxylic acids is 2. The van der Waals surface area contributed by atoms with Gasteiger partial charge in [-0.1, -0.05) is 90.5 Å². The maximum atomic E-state index is 15.1. The van der Waals surface area contributed by atoms with Gasteiger partial charge >= 0.3 is 0 Å². The predicted molar refractivity (Wildman–Crippen MR) is 157 cm³/mol. The Morgan fingerprint density at radius 3 is 1.95 bits per heavy atom. The summed E-state index contributed by atoms with van der Waals surface area (Å²) < 4.78 is 43.6. The monoisotopic (exact) mass is 573 g/mol. The highest BCUT2D eigenvalue weighted by Gasteiger charge is 2.35. The Morgan fingerprint density at radius 2 is 1.37 bits per heavy atom. The molecule has 1 unspecified atom stereocenters. The third-order valence-electron chi connectivity index (χ3n) is 6.72. The zero-order chi connectivity index (χ0) is 29.4. The van der Waals surface area contributed by atoms with E-state index in [9.17, 15) is 18.0 Å². The van der Waals surface area contributed by atoms with Crippen molar-refractivity contribution >= 4 is 27.5 Å². The van der Waals surface area contributed by atoms with Crippen LogP contribution in [0.25, 0.3) is 0 Å². The molecule has 41 heavy (non-hydrogen) atoms. The number of benzene rings is 4. The second-order valence-electron chi connectivity index (χ2n) is 9.60. The van der Waals surface area contributed by atoms with E-state index in [0.29, 0.717) is 0 Å². The van der Waals surface area contributed by atoms with Gasteiger partial charge in [0, 0.05) is 20.0 Å². The highest BCUT2D eigenvalue weighted by molar-refractivity contribution is 7.92. The lowest BCUT2D eigenvalue weighted by molar-refractivity contribution is -0.139. The lowest BCUT2D eigenvalue weighted by Gasteiger charge is -2.33. The van der Waals surface area contributed by atoms with Crippen molar-refractivity contribution in [1.82, 2.24) is 10.2 Å². The first-order valence-corrected chi connectivity index (χ1v) is 14.6. The number of hydrogen-bond donors (Lipinski definition) is 1. The number of halogens is 1. The third kappa shape index (κ3) is 7.18. The van der Waals surface area contributed by atoms with Crippen molar-refractivity contribution in [2.24, 2.45) is 0 Å². The molecule has 9 heteroatoms. The van der Waals surface area contributed by atoms with Crippen LogP contribution in [0.15, 0.2) is 114 Å². The van der Waals surface area contributed by atoms with E-state index in [1.165, 1.54) is 42.3 Å². The molecule has 212 valence electrons. The fourth-order valence-corrected chi connectivity index (χ4v) is 5.93. The molecular weight excluding hydrogens is 541 g/mol. The van der Waals surface area contributed by atoms with Gasteiger partial charge in [-0.3, -0.25) is 13.9 Å². The SMILES string of the molecule is CNC(=O)C(Cc1ccccc1)N(Cc1ccccc1)C(=O)CN(c1ccccc1F)S(=O)(=O)c1ccc(C)cc1. The summed E-state index contributed by atoms with van der Waals surface area (Å²) in [4.78, 5) is 28.6. The number of hydrogen-bond acceptors (Lipinski definition) is 4. The smallest absolute Gasteiger partial charge is 0.264 e. The van der Waals surface area contributed by atoms with Crippen LogP contribution in [0.2, 0.25) is 0 Å².